The number of nitrogen functional groups attached to an aromatic ring is 1. The molecule has 0 atom stereocenters. The number of hydrogen-bond donors (Lipinski definition) is 2. The van der Waals surface area contributed by atoms with E-state index in [1.54, 1.807) is 10.9 Å². The van der Waals surface area contributed by atoms with Crippen LogP contribution in [0, 0.1) is 0 Å². The molecule has 0 unspecified atom stereocenters. The van der Waals surface area contributed by atoms with Gasteiger partial charge in [0.05, 0.1) is 6.20 Å². The summed E-state index contributed by atoms with van der Waals surface area (Å²) in [6, 6.07) is 0.265. The third kappa shape index (κ3) is 1.43. The first kappa shape index (κ1) is 7.87. The fraction of sp³-hybridized carbons (Fsp3) is 0.500. The van der Waals surface area contributed by atoms with Crippen molar-refractivity contribution in [3.8, 4) is 5.88 Å². The topological polar surface area (TPSA) is 79.1 Å². The number of anilines is 1. The molecule has 0 aliphatic heterocycles. The first-order chi connectivity index (χ1) is 5.15. The maximum absolute atomic E-state index is 5.50. The van der Waals surface area contributed by atoms with E-state index in [0.29, 0.717) is 5.69 Å². The van der Waals surface area contributed by atoms with Crippen molar-refractivity contribution in [1.29, 1.82) is 0 Å². The van der Waals surface area contributed by atoms with Crippen LogP contribution in [-0.4, -0.2) is 9.78 Å². The van der Waals surface area contributed by atoms with E-state index in [1.165, 1.54) is 0 Å². The first-order valence-corrected chi connectivity index (χ1v) is 3.36. The standard InChI is InChI=1S/C6H12N4O/c1-4(2)10-3-5(7)6(9-10)11-8/h3-4H,7-8H2,1-2H3. The van der Waals surface area contributed by atoms with E-state index in [1.807, 2.05) is 13.8 Å². The smallest absolute Gasteiger partial charge is 0.278 e. The summed E-state index contributed by atoms with van der Waals surface area (Å²) in [5, 5.41) is 3.97. The van der Waals surface area contributed by atoms with Crippen LogP contribution in [0.3, 0.4) is 0 Å². The molecule has 4 N–H and O–H groups in total. The van der Waals surface area contributed by atoms with Crippen molar-refractivity contribution in [2.24, 2.45) is 5.90 Å². The Bertz CT molecular complexity index is 243. The zero-order valence-electron chi connectivity index (χ0n) is 6.61. The van der Waals surface area contributed by atoms with Crippen LogP contribution in [-0.2, 0) is 0 Å². The van der Waals surface area contributed by atoms with E-state index in [-0.39, 0.29) is 11.9 Å². The van der Waals surface area contributed by atoms with Crippen LogP contribution in [0.1, 0.15) is 19.9 Å². The molecule has 1 rings (SSSR count). The number of nitrogens with zero attached hydrogens (tertiary/aromatic N) is 2. The van der Waals surface area contributed by atoms with Gasteiger partial charge in [-0.25, -0.2) is 0 Å². The van der Waals surface area contributed by atoms with Gasteiger partial charge in [-0.05, 0) is 13.8 Å². The van der Waals surface area contributed by atoms with Gasteiger partial charge in [0, 0.05) is 6.04 Å². The molecule has 1 aromatic rings. The van der Waals surface area contributed by atoms with Crippen LogP contribution in [0.2, 0.25) is 0 Å². The third-order valence-electron chi connectivity index (χ3n) is 1.37. The molecule has 0 saturated heterocycles. The molecular formula is C6H12N4O. The monoisotopic (exact) mass is 156 g/mol. The Labute approximate surface area is 64.9 Å². The predicted molar refractivity (Wildman–Crippen MR) is 41.8 cm³/mol. The molecule has 1 aromatic heterocycles. The number of aromatic nitrogens is 2. The molecule has 0 aliphatic rings. The van der Waals surface area contributed by atoms with E-state index < -0.39 is 0 Å². The van der Waals surface area contributed by atoms with Crippen molar-refractivity contribution in [1.82, 2.24) is 9.78 Å². The van der Waals surface area contributed by atoms with E-state index in [0.717, 1.165) is 0 Å². The van der Waals surface area contributed by atoms with Crippen LogP contribution >= 0.6 is 0 Å². The van der Waals surface area contributed by atoms with Crippen molar-refractivity contribution in [2.45, 2.75) is 19.9 Å². The molecule has 0 amide bonds. The van der Waals surface area contributed by atoms with E-state index in [2.05, 4.69) is 9.94 Å². The molecule has 1 heterocycles. The molecular weight excluding hydrogens is 144 g/mol. The van der Waals surface area contributed by atoms with Gasteiger partial charge in [-0.2, -0.15) is 5.90 Å². The summed E-state index contributed by atoms with van der Waals surface area (Å²) in [7, 11) is 0. The first-order valence-electron chi connectivity index (χ1n) is 3.36. The Morgan fingerprint density at radius 2 is 2.27 bits per heavy atom. The van der Waals surface area contributed by atoms with E-state index in [4.69, 9.17) is 11.6 Å². The maximum Gasteiger partial charge on any atom is 0.278 e. The summed E-state index contributed by atoms with van der Waals surface area (Å²) in [5.74, 6) is 5.18. The summed E-state index contributed by atoms with van der Waals surface area (Å²) in [6.45, 7) is 3.99. The minimum absolute atomic E-state index is 0.265. The van der Waals surface area contributed by atoms with Gasteiger partial charge in [-0.15, -0.1) is 5.10 Å². The maximum atomic E-state index is 5.50. The van der Waals surface area contributed by atoms with Crippen LogP contribution in [0.15, 0.2) is 6.20 Å². The van der Waals surface area contributed by atoms with Crippen molar-refractivity contribution < 1.29 is 4.84 Å². The van der Waals surface area contributed by atoms with E-state index >= 15 is 0 Å². The van der Waals surface area contributed by atoms with Gasteiger partial charge in [0.15, 0.2) is 0 Å². The molecule has 0 fully saturated rings. The zero-order chi connectivity index (χ0) is 8.43. The van der Waals surface area contributed by atoms with Gasteiger partial charge in [0.2, 0.25) is 0 Å². The lowest BCUT2D eigenvalue weighted by atomic mass is 10.4. The summed E-state index contributed by atoms with van der Waals surface area (Å²) in [5.41, 5.74) is 5.96. The number of rotatable bonds is 2. The Morgan fingerprint density at radius 1 is 1.64 bits per heavy atom. The van der Waals surface area contributed by atoms with Crippen molar-refractivity contribution in [2.75, 3.05) is 5.73 Å². The SMILES string of the molecule is CC(C)n1cc(N)c(ON)n1. The highest BCUT2D eigenvalue weighted by Crippen LogP contribution is 2.18. The molecule has 0 aliphatic carbocycles. The molecule has 0 bridgehead atoms. The Hall–Kier alpha value is -1.23. The summed E-state index contributed by atoms with van der Waals surface area (Å²) in [4.78, 5) is 4.42. The summed E-state index contributed by atoms with van der Waals surface area (Å²) < 4.78 is 1.69. The summed E-state index contributed by atoms with van der Waals surface area (Å²) >= 11 is 0. The van der Waals surface area contributed by atoms with Gasteiger partial charge < -0.3 is 10.6 Å². The quantitative estimate of drug-likeness (QED) is 0.603. The molecule has 11 heavy (non-hydrogen) atoms. The van der Waals surface area contributed by atoms with Crippen LogP contribution in [0.4, 0.5) is 5.69 Å². The summed E-state index contributed by atoms with van der Waals surface area (Å²) in [6.07, 6.45) is 1.69. The molecule has 0 radical (unpaired) electrons. The molecule has 62 valence electrons. The predicted octanol–water partition coefficient (Wildman–Crippen LogP) is 0.299. The molecule has 5 nitrogen and oxygen atoms in total. The van der Waals surface area contributed by atoms with Crippen LogP contribution < -0.4 is 16.5 Å². The fourth-order valence-electron chi connectivity index (χ4n) is 0.745. The Kier molecular flexibility index (Phi) is 2.00. The minimum atomic E-state index is 0.265. The fourth-order valence-corrected chi connectivity index (χ4v) is 0.745. The van der Waals surface area contributed by atoms with Crippen molar-refractivity contribution >= 4 is 5.69 Å². The Morgan fingerprint density at radius 3 is 2.55 bits per heavy atom. The largest absolute Gasteiger partial charge is 0.393 e. The lowest BCUT2D eigenvalue weighted by molar-refractivity contribution is 0.314. The molecule has 5 heteroatoms. The van der Waals surface area contributed by atoms with Crippen LogP contribution in [0.5, 0.6) is 5.88 Å². The van der Waals surface area contributed by atoms with E-state index in [9.17, 15) is 0 Å². The van der Waals surface area contributed by atoms with Crippen LogP contribution in [0.25, 0.3) is 0 Å². The second-order valence-electron chi connectivity index (χ2n) is 2.58. The van der Waals surface area contributed by atoms with Crippen molar-refractivity contribution in [3.63, 3.8) is 0 Å². The minimum Gasteiger partial charge on any atom is -0.393 e. The average molecular weight is 156 g/mol. The number of hydrogen-bond acceptors (Lipinski definition) is 4. The molecule has 0 aromatic carbocycles. The highest BCUT2D eigenvalue weighted by molar-refractivity contribution is 5.45. The van der Waals surface area contributed by atoms with Crippen molar-refractivity contribution in [3.05, 3.63) is 6.20 Å². The second-order valence-corrected chi connectivity index (χ2v) is 2.58. The third-order valence-corrected chi connectivity index (χ3v) is 1.37. The highest BCUT2D eigenvalue weighted by atomic mass is 16.6. The lowest BCUT2D eigenvalue weighted by Gasteiger charge is -2.02. The lowest BCUT2D eigenvalue weighted by Crippen LogP contribution is -2.06. The second kappa shape index (κ2) is 2.79. The van der Waals surface area contributed by atoms with Gasteiger partial charge in [-0.3, -0.25) is 4.68 Å². The molecule has 0 saturated carbocycles. The number of nitrogens with two attached hydrogens (primary N) is 2. The average Bonchev–Trinajstić information content (AvgIpc) is 2.31. The molecule has 0 spiro atoms. The van der Waals surface area contributed by atoms with Gasteiger partial charge >= 0.3 is 0 Å². The zero-order valence-corrected chi connectivity index (χ0v) is 6.61. The van der Waals surface area contributed by atoms with Gasteiger partial charge in [0.25, 0.3) is 5.88 Å². The normalized spacial score (nSPS) is 10.5. The highest BCUT2D eigenvalue weighted by Gasteiger charge is 2.07. The van der Waals surface area contributed by atoms with Gasteiger partial charge in [-0.1, -0.05) is 0 Å². The van der Waals surface area contributed by atoms with Gasteiger partial charge in [0.1, 0.15) is 5.69 Å². The Balaban J connectivity index is 2.95.